The second-order valence-corrected chi connectivity index (χ2v) is 6.96. The van der Waals surface area contributed by atoms with E-state index < -0.39 is 7.37 Å². The van der Waals surface area contributed by atoms with Gasteiger partial charge in [0.1, 0.15) is 0 Å². The fraction of sp³-hybridized carbons (Fsp3) is 0.333. The van der Waals surface area contributed by atoms with Crippen LogP contribution in [0.15, 0.2) is 47.3 Å². The Bertz CT molecular complexity index is 510. The molecule has 0 radical (unpaired) electrons. The van der Waals surface area contributed by atoms with Gasteiger partial charge in [-0.1, -0.05) is 42.3 Å². The minimum absolute atomic E-state index is 0.490. The first-order valence-electron chi connectivity index (χ1n) is 6.12. The Balaban J connectivity index is 3.06. The molecule has 18 heavy (non-hydrogen) atoms. The maximum atomic E-state index is 12.4. The summed E-state index contributed by atoms with van der Waals surface area (Å²) in [6.07, 6.45) is 4.61. The summed E-state index contributed by atoms with van der Waals surface area (Å²) >= 11 is 0. The third-order valence-electron chi connectivity index (χ3n) is 3.03. The van der Waals surface area contributed by atoms with E-state index in [4.69, 9.17) is 0 Å². The number of rotatable bonds is 4. The molecule has 0 spiro atoms. The average Bonchev–Trinajstić information content (AvgIpc) is 2.35. The maximum absolute atomic E-state index is 12.4. The second-order valence-electron chi connectivity index (χ2n) is 4.59. The van der Waals surface area contributed by atoms with Gasteiger partial charge in [0.05, 0.1) is 0 Å². The zero-order valence-corrected chi connectivity index (χ0v) is 12.4. The predicted octanol–water partition coefficient (Wildman–Crippen LogP) is 4.15. The Morgan fingerprint density at radius 2 is 1.78 bits per heavy atom. The largest absolute Gasteiger partial charge is 0.338 e. The van der Waals surface area contributed by atoms with Gasteiger partial charge in [-0.2, -0.15) is 0 Å². The van der Waals surface area contributed by atoms with E-state index in [0.29, 0.717) is 10.6 Å². The van der Waals surface area contributed by atoms with Crippen LogP contribution < -0.4 is 5.30 Å². The Morgan fingerprint density at radius 1 is 1.22 bits per heavy atom. The lowest BCUT2D eigenvalue weighted by Crippen LogP contribution is -2.04. The van der Waals surface area contributed by atoms with Crippen molar-refractivity contribution in [3.8, 4) is 0 Å². The molecule has 2 nitrogen and oxygen atoms in total. The lowest BCUT2D eigenvalue weighted by Gasteiger charge is -2.12. The lowest BCUT2D eigenvalue weighted by atomic mass is 10.2. The molecular formula is C15H21O2P. The third kappa shape index (κ3) is 3.69. The van der Waals surface area contributed by atoms with Crippen LogP contribution in [0, 0.1) is 6.92 Å². The van der Waals surface area contributed by atoms with Gasteiger partial charge in [-0.15, -0.1) is 0 Å². The molecule has 0 saturated heterocycles. The topological polar surface area (TPSA) is 37.3 Å². The molecule has 0 bridgehead atoms. The van der Waals surface area contributed by atoms with Crippen molar-refractivity contribution in [2.24, 2.45) is 0 Å². The SMILES string of the molecule is CC/C(C)=C\C=C(/C)P(=O)(O)c1ccc(C)cc1. The first-order valence-corrected chi connectivity index (χ1v) is 7.78. The second kappa shape index (κ2) is 6.17. The quantitative estimate of drug-likeness (QED) is 0.655. The minimum Gasteiger partial charge on any atom is -0.338 e. The highest BCUT2D eigenvalue weighted by atomic mass is 31.2. The van der Waals surface area contributed by atoms with E-state index in [0.717, 1.165) is 12.0 Å². The summed E-state index contributed by atoms with van der Waals surface area (Å²) in [6, 6.07) is 7.17. The summed E-state index contributed by atoms with van der Waals surface area (Å²) in [5, 5.41) is 1.00. The summed E-state index contributed by atoms with van der Waals surface area (Å²) in [5.41, 5.74) is 2.28. The molecule has 0 saturated carbocycles. The van der Waals surface area contributed by atoms with Crippen molar-refractivity contribution in [3.05, 3.63) is 52.9 Å². The molecule has 3 heteroatoms. The molecule has 0 amide bonds. The van der Waals surface area contributed by atoms with Crippen LogP contribution in [0.1, 0.15) is 32.8 Å². The van der Waals surface area contributed by atoms with Crippen LogP contribution in [-0.2, 0) is 4.57 Å². The number of aryl methyl sites for hydroxylation is 1. The molecule has 1 N–H and O–H groups in total. The monoisotopic (exact) mass is 264 g/mol. The summed E-state index contributed by atoms with van der Waals surface area (Å²) in [6.45, 7) is 7.74. The Morgan fingerprint density at radius 3 is 2.28 bits per heavy atom. The van der Waals surface area contributed by atoms with Gasteiger partial charge in [-0.05, 0) is 39.3 Å². The van der Waals surface area contributed by atoms with Gasteiger partial charge in [0.25, 0.3) is 7.37 Å². The van der Waals surface area contributed by atoms with Crippen LogP contribution in [0.4, 0.5) is 0 Å². The highest BCUT2D eigenvalue weighted by molar-refractivity contribution is 7.70. The highest BCUT2D eigenvalue weighted by Gasteiger charge is 2.22. The van der Waals surface area contributed by atoms with E-state index in [2.05, 4.69) is 6.92 Å². The van der Waals surface area contributed by atoms with Crippen molar-refractivity contribution in [1.29, 1.82) is 0 Å². The number of allylic oxidation sites excluding steroid dienone is 4. The van der Waals surface area contributed by atoms with Crippen molar-refractivity contribution < 1.29 is 9.46 Å². The molecule has 1 aromatic carbocycles. The van der Waals surface area contributed by atoms with E-state index in [1.165, 1.54) is 5.57 Å². The molecular weight excluding hydrogens is 243 g/mol. The first-order chi connectivity index (χ1) is 8.37. The smallest absolute Gasteiger partial charge is 0.254 e. The van der Waals surface area contributed by atoms with Crippen molar-refractivity contribution in [3.63, 3.8) is 0 Å². The van der Waals surface area contributed by atoms with Gasteiger partial charge in [0, 0.05) is 10.6 Å². The van der Waals surface area contributed by atoms with Crippen LogP contribution in [0.3, 0.4) is 0 Å². The summed E-state index contributed by atoms with van der Waals surface area (Å²) < 4.78 is 12.4. The number of benzene rings is 1. The van der Waals surface area contributed by atoms with Crippen molar-refractivity contribution in [2.45, 2.75) is 34.1 Å². The molecule has 1 aromatic rings. The van der Waals surface area contributed by atoms with Crippen molar-refractivity contribution >= 4 is 12.7 Å². The lowest BCUT2D eigenvalue weighted by molar-refractivity contribution is 0.497. The normalized spacial score (nSPS) is 16.5. The predicted molar refractivity (Wildman–Crippen MR) is 78.4 cm³/mol. The summed E-state index contributed by atoms with van der Waals surface area (Å²) in [4.78, 5) is 10.2. The van der Waals surface area contributed by atoms with Crippen LogP contribution in [0.2, 0.25) is 0 Å². The van der Waals surface area contributed by atoms with E-state index in [1.54, 1.807) is 25.1 Å². The Labute approximate surface area is 110 Å². The molecule has 0 fully saturated rings. The van der Waals surface area contributed by atoms with E-state index in [9.17, 15) is 9.46 Å². The molecule has 1 rings (SSSR count). The molecule has 1 atom stereocenters. The number of hydrogen-bond donors (Lipinski definition) is 1. The number of hydrogen-bond acceptors (Lipinski definition) is 1. The molecule has 0 aliphatic heterocycles. The van der Waals surface area contributed by atoms with Gasteiger partial charge in [0.15, 0.2) is 0 Å². The summed E-state index contributed by atoms with van der Waals surface area (Å²) in [5.74, 6) is 0. The van der Waals surface area contributed by atoms with E-state index in [1.807, 2.05) is 32.1 Å². The van der Waals surface area contributed by atoms with Gasteiger partial charge >= 0.3 is 0 Å². The van der Waals surface area contributed by atoms with Crippen LogP contribution in [-0.4, -0.2) is 4.89 Å². The summed E-state index contributed by atoms with van der Waals surface area (Å²) in [7, 11) is -3.41. The highest BCUT2D eigenvalue weighted by Crippen LogP contribution is 2.48. The van der Waals surface area contributed by atoms with Gasteiger partial charge in [-0.25, -0.2) is 0 Å². The molecule has 0 heterocycles. The van der Waals surface area contributed by atoms with Crippen LogP contribution >= 0.6 is 7.37 Å². The standard InChI is InChI=1S/C15H21O2P/c1-5-12(2)6-9-14(4)18(16,17)15-10-7-13(3)8-11-15/h6-11H,5H2,1-4H3,(H,16,17)/b12-6-,14-9+. The minimum atomic E-state index is -3.41. The van der Waals surface area contributed by atoms with Gasteiger partial charge in [0.2, 0.25) is 0 Å². The van der Waals surface area contributed by atoms with Crippen LogP contribution in [0.5, 0.6) is 0 Å². The Hall–Kier alpha value is -1.11. The van der Waals surface area contributed by atoms with Crippen LogP contribution in [0.25, 0.3) is 0 Å². The zero-order valence-electron chi connectivity index (χ0n) is 11.5. The molecule has 98 valence electrons. The third-order valence-corrected chi connectivity index (χ3v) is 5.13. The zero-order chi connectivity index (χ0) is 13.8. The van der Waals surface area contributed by atoms with Gasteiger partial charge in [-0.3, -0.25) is 4.57 Å². The fourth-order valence-corrected chi connectivity index (χ4v) is 2.67. The maximum Gasteiger partial charge on any atom is 0.254 e. The molecule has 0 aliphatic rings. The van der Waals surface area contributed by atoms with Crippen molar-refractivity contribution in [2.75, 3.05) is 0 Å². The first kappa shape index (κ1) is 14.9. The average molecular weight is 264 g/mol. The van der Waals surface area contributed by atoms with E-state index in [-0.39, 0.29) is 0 Å². The molecule has 0 aliphatic carbocycles. The fourth-order valence-electron chi connectivity index (χ4n) is 1.43. The van der Waals surface area contributed by atoms with Gasteiger partial charge < -0.3 is 4.89 Å². The van der Waals surface area contributed by atoms with Crippen molar-refractivity contribution in [1.82, 2.24) is 0 Å². The van der Waals surface area contributed by atoms with E-state index >= 15 is 0 Å². The molecule has 0 aromatic heterocycles. The molecule has 1 unspecified atom stereocenters. The Kier molecular flexibility index (Phi) is 5.13.